The van der Waals surface area contributed by atoms with E-state index in [-0.39, 0.29) is 5.92 Å². The van der Waals surface area contributed by atoms with E-state index in [4.69, 9.17) is 0 Å². The van der Waals surface area contributed by atoms with Crippen LogP contribution in [0, 0.1) is 23.2 Å². The molecule has 2 saturated heterocycles. The molecule has 0 aromatic heterocycles. The van der Waals surface area contributed by atoms with Crippen molar-refractivity contribution >= 4 is 5.78 Å². The molecule has 1 spiro atoms. The highest BCUT2D eigenvalue weighted by molar-refractivity contribution is 5.83. The van der Waals surface area contributed by atoms with E-state index in [2.05, 4.69) is 30.6 Å². The van der Waals surface area contributed by atoms with E-state index >= 15 is 0 Å². The summed E-state index contributed by atoms with van der Waals surface area (Å²) >= 11 is 0. The van der Waals surface area contributed by atoms with Gasteiger partial charge in [0.2, 0.25) is 0 Å². The molecule has 4 fully saturated rings. The van der Waals surface area contributed by atoms with Crippen LogP contribution in [-0.2, 0) is 4.79 Å². The number of ketones is 1. The SMILES string of the molecule is CCC1CCN(C2CCN(C3CC4(CC(C(=O)C(C)C)C4)C3)CC2)CC1. The van der Waals surface area contributed by atoms with Crippen molar-refractivity contribution in [2.24, 2.45) is 23.2 Å². The maximum absolute atomic E-state index is 12.1. The molecule has 3 nitrogen and oxygen atoms in total. The molecule has 0 aromatic carbocycles. The molecule has 0 aromatic rings. The Hall–Kier alpha value is -0.410. The summed E-state index contributed by atoms with van der Waals surface area (Å²) in [5.41, 5.74) is 0.568. The number of nitrogens with zero attached hydrogens (tertiary/aromatic N) is 2. The van der Waals surface area contributed by atoms with Crippen LogP contribution in [0.1, 0.15) is 78.6 Å². The summed E-state index contributed by atoms with van der Waals surface area (Å²) in [7, 11) is 0. The summed E-state index contributed by atoms with van der Waals surface area (Å²) in [6.45, 7) is 11.8. The first kappa shape index (κ1) is 18.9. The normalized spacial score (nSPS) is 37.7. The van der Waals surface area contributed by atoms with Gasteiger partial charge in [0.15, 0.2) is 0 Å². The molecule has 0 bridgehead atoms. The Bertz CT molecular complexity index is 486. The number of hydrogen-bond donors (Lipinski definition) is 0. The maximum atomic E-state index is 12.1. The fourth-order valence-corrected chi connectivity index (χ4v) is 6.53. The van der Waals surface area contributed by atoms with Crippen LogP contribution in [-0.4, -0.2) is 53.8 Å². The summed E-state index contributed by atoms with van der Waals surface area (Å²) < 4.78 is 0. The molecule has 2 saturated carbocycles. The summed E-state index contributed by atoms with van der Waals surface area (Å²) in [5, 5.41) is 0. The molecular formula is C23H40N2O. The summed E-state index contributed by atoms with van der Waals surface area (Å²) in [5.74, 6) is 2.14. The smallest absolute Gasteiger partial charge is 0.138 e. The summed E-state index contributed by atoms with van der Waals surface area (Å²) in [6.07, 6.45) is 12.1. The third-order valence-corrected chi connectivity index (χ3v) is 8.43. The minimum atomic E-state index is 0.231. The largest absolute Gasteiger partial charge is 0.300 e. The van der Waals surface area contributed by atoms with Gasteiger partial charge in [0.25, 0.3) is 0 Å². The molecule has 0 N–H and O–H groups in total. The zero-order chi connectivity index (χ0) is 18.3. The van der Waals surface area contributed by atoms with E-state index in [0.717, 1.165) is 18.0 Å². The molecule has 0 unspecified atom stereocenters. The van der Waals surface area contributed by atoms with Crippen molar-refractivity contribution in [3.63, 3.8) is 0 Å². The zero-order valence-corrected chi connectivity index (χ0v) is 17.4. The van der Waals surface area contributed by atoms with E-state index < -0.39 is 0 Å². The van der Waals surface area contributed by atoms with Gasteiger partial charge in [0, 0.05) is 23.9 Å². The molecular weight excluding hydrogens is 320 g/mol. The van der Waals surface area contributed by atoms with Crippen LogP contribution in [0.3, 0.4) is 0 Å². The van der Waals surface area contributed by atoms with Gasteiger partial charge in [-0.05, 0) is 88.9 Å². The third-order valence-electron chi connectivity index (χ3n) is 8.43. The fourth-order valence-electron chi connectivity index (χ4n) is 6.53. The van der Waals surface area contributed by atoms with Crippen LogP contribution in [0.25, 0.3) is 0 Å². The molecule has 0 amide bonds. The number of rotatable bonds is 5. The van der Waals surface area contributed by atoms with Crippen LogP contribution in [0.15, 0.2) is 0 Å². The van der Waals surface area contributed by atoms with Gasteiger partial charge < -0.3 is 9.80 Å². The van der Waals surface area contributed by atoms with Gasteiger partial charge in [0.1, 0.15) is 5.78 Å². The Labute approximate surface area is 160 Å². The quantitative estimate of drug-likeness (QED) is 0.728. The number of carbonyl (C=O) groups excluding carboxylic acids is 1. The minimum Gasteiger partial charge on any atom is -0.300 e. The first-order valence-electron chi connectivity index (χ1n) is 11.5. The molecule has 2 heterocycles. The number of Topliss-reactive ketones (excluding diaryl/α,β-unsaturated/α-hetero) is 1. The van der Waals surface area contributed by atoms with Gasteiger partial charge in [-0.1, -0.05) is 27.2 Å². The van der Waals surface area contributed by atoms with Gasteiger partial charge >= 0.3 is 0 Å². The lowest BCUT2D eigenvalue weighted by Crippen LogP contribution is -2.59. The van der Waals surface area contributed by atoms with Crippen molar-refractivity contribution in [3.05, 3.63) is 0 Å². The Balaban J connectivity index is 1.16. The van der Waals surface area contributed by atoms with E-state index in [1.807, 2.05) is 0 Å². The molecule has 26 heavy (non-hydrogen) atoms. The van der Waals surface area contributed by atoms with E-state index in [0.29, 0.717) is 17.1 Å². The highest BCUT2D eigenvalue weighted by atomic mass is 16.1. The van der Waals surface area contributed by atoms with Gasteiger partial charge in [-0.25, -0.2) is 0 Å². The lowest BCUT2D eigenvalue weighted by atomic mass is 9.48. The van der Waals surface area contributed by atoms with Crippen LogP contribution in [0.4, 0.5) is 0 Å². The van der Waals surface area contributed by atoms with Crippen LogP contribution in [0.5, 0.6) is 0 Å². The Kier molecular flexibility index (Phi) is 5.49. The first-order valence-corrected chi connectivity index (χ1v) is 11.5. The highest BCUT2D eigenvalue weighted by Gasteiger charge is 2.56. The second-order valence-corrected chi connectivity index (χ2v) is 10.4. The van der Waals surface area contributed by atoms with Crippen molar-refractivity contribution in [2.75, 3.05) is 26.2 Å². The predicted octanol–water partition coefficient (Wildman–Crippen LogP) is 4.36. The van der Waals surface area contributed by atoms with Crippen molar-refractivity contribution < 1.29 is 4.79 Å². The zero-order valence-electron chi connectivity index (χ0n) is 17.4. The number of piperidine rings is 2. The predicted molar refractivity (Wildman–Crippen MR) is 107 cm³/mol. The monoisotopic (exact) mass is 360 g/mol. The summed E-state index contributed by atoms with van der Waals surface area (Å²) in [4.78, 5) is 17.7. The second kappa shape index (κ2) is 7.54. The van der Waals surface area contributed by atoms with Crippen molar-refractivity contribution in [2.45, 2.75) is 90.6 Å². The molecule has 2 aliphatic heterocycles. The second-order valence-electron chi connectivity index (χ2n) is 10.4. The summed E-state index contributed by atoms with van der Waals surface area (Å²) in [6, 6.07) is 1.69. The fraction of sp³-hybridized carbons (Fsp3) is 0.957. The molecule has 2 aliphatic carbocycles. The lowest BCUT2D eigenvalue weighted by molar-refractivity contribution is -0.144. The van der Waals surface area contributed by atoms with E-state index in [1.54, 1.807) is 0 Å². The molecule has 0 radical (unpaired) electrons. The molecule has 148 valence electrons. The Morgan fingerprint density at radius 2 is 1.42 bits per heavy atom. The number of likely N-dealkylation sites (tertiary alicyclic amines) is 2. The molecule has 4 rings (SSSR count). The Morgan fingerprint density at radius 3 is 1.96 bits per heavy atom. The van der Waals surface area contributed by atoms with Crippen LogP contribution >= 0.6 is 0 Å². The Morgan fingerprint density at radius 1 is 0.885 bits per heavy atom. The first-order chi connectivity index (χ1) is 12.5. The number of carbonyl (C=O) groups is 1. The van der Waals surface area contributed by atoms with Crippen molar-refractivity contribution in [1.29, 1.82) is 0 Å². The molecule has 4 aliphatic rings. The van der Waals surface area contributed by atoms with Gasteiger partial charge in [0.05, 0.1) is 0 Å². The molecule has 3 heteroatoms. The lowest BCUT2D eigenvalue weighted by Gasteiger charge is -2.60. The topological polar surface area (TPSA) is 23.6 Å². The van der Waals surface area contributed by atoms with Gasteiger partial charge in [-0.15, -0.1) is 0 Å². The van der Waals surface area contributed by atoms with E-state index in [1.165, 1.54) is 84.0 Å². The molecule has 0 atom stereocenters. The standard InChI is InChI=1S/C23H40N2O/c1-4-18-5-9-24(10-6-18)20-7-11-25(12-8-20)21-15-23(16-21)13-19(14-23)22(26)17(2)3/h17-21H,4-16H2,1-3H3. The average Bonchev–Trinajstić information content (AvgIpc) is 2.59. The van der Waals surface area contributed by atoms with Gasteiger partial charge in [-0.3, -0.25) is 4.79 Å². The minimum absolute atomic E-state index is 0.231. The van der Waals surface area contributed by atoms with Gasteiger partial charge in [-0.2, -0.15) is 0 Å². The third kappa shape index (κ3) is 3.63. The number of hydrogen-bond acceptors (Lipinski definition) is 3. The van der Waals surface area contributed by atoms with Crippen LogP contribution in [0.2, 0.25) is 0 Å². The van der Waals surface area contributed by atoms with Crippen molar-refractivity contribution in [3.8, 4) is 0 Å². The van der Waals surface area contributed by atoms with Crippen molar-refractivity contribution in [1.82, 2.24) is 9.80 Å². The maximum Gasteiger partial charge on any atom is 0.138 e. The van der Waals surface area contributed by atoms with Crippen LogP contribution < -0.4 is 0 Å². The highest BCUT2D eigenvalue weighted by Crippen LogP contribution is 2.60. The average molecular weight is 361 g/mol. The van der Waals surface area contributed by atoms with E-state index in [9.17, 15) is 4.79 Å².